The van der Waals surface area contributed by atoms with Crippen LogP contribution in [0.15, 0.2) is 17.7 Å². The number of ether oxygens (including phenoxy) is 1. The van der Waals surface area contributed by atoms with Gasteiger partial charge in [-0.15, -0.1) is 0 Å². The second-order valence-electron chi connectivity index (χ2n) is 7.48. The average Bonchev–Trinajstić information content (AvgIpc) is 2.93. The highest BCUT2D eigenvalue weighted by Gasteiger charge is 2.27. The number of carbonyl (C=O) groups is 2. The predicted octanol–water partition coefficient (Wildman–Crippen LogP) is 5.92. The quantitative estimate of drug-likeness (QED) is 0.415. The lowest BCUT2D eigenvalue weighted by atomic mass is 9.91. The lowest BCUT2D eigenvalue weighted by molar-refractivity contribution is -0.132. The van der Waals surface area contributed by atoms with Crippen LogP contribution in [0.4, 0.5) is 0 Å². The van der Waals surface area contributed by atoms with Crippen LogP contribution in [0.3, 0.4) is 0 Å². The number of nitrogens with zero attached hydrogens (tertiary/aromatic N) is 2. The molecule has 29 heavy (non-hydrogen) atoms. The fourth-order valence-corrected chi connectivity index (χ4v) is 3.64. The summed E-state index contributed by atoms with van der Waals surface area (Å²) in [5.41, 5.74) is 5.22. The molecule has 5 nitrogen and oxygen atoms in total. The molecule has 0 radical (unpaired) electrons. The average molecular weight is 417 g/mol. The van der Waals surface area contributed by atoms with E-state index in [0.717, 1.165) is 35.1 Å². The molecule has 0 aliphatic heterocycles. The number of aromatic nitrogens is 2. The molecule has 6 heteroatoms. The zero-order chi connectivity index (χ0) is 21.9. The van der Waals surface area contributed by atoms with Gasteiger partial charge in [-0.05, 0) is 69.9 Å². The maximum atomic E-state index is 13.5. The van der Waals surface area contributed by atoms with E-state index in [2.05, 4.69) is 12.0 Å². The van der Waals surface area contributed by atoms with E-state index in [0.29, 0.717) is 28.4 Å². The van der Waals surface area contributed by atoms with Gasteiger partial charge in [0.15, 0.2) is 0 Å². The molecule has 0 atom stereocenters. The Hall–Kier alpha value is -2.40. The highest BCUT2D eigenvalue weighted by Crippen LogP contribution is 2.34. The first-order valence-electron chi connectivity index (χ1n) is 9.84. The molecule has 0 amide bonds. The van der Waals surface area contributed by atoms with Crippen LogP contribution in [-0.2, 0) is 11.3 Å². The molecular formula is C23H29ClN2O3. The van der Waals surface area contributed by atoms with Gasteiger partial charge in [-0.1, -0.05) is 30.5 Å². The van der Waals surface area contributed by atoms with E-state index in [1.54, 1.807) is 23.7 Å². The lowest BCUT2D eigenvalue weighted by Gasteiger charge is -2.15. The monoisotopic (exact) mass is 416 g/mol. The molecule has 0 saturated carbocycles. The van der Waals surface area contributed by atoms with E-state index in [1.807, 2.05) is 27.7 Å². The molecule has 0 bridgehead atoms. The zero-order valence-electron chi connectivity index (χ0n) is 18.3. The van der Waals surface area contributed by atoms with Gasteiger partial charge < -0.3 is 4.74 Å². The molecule has 2 aromatic rings. The van der Waals surface area contributed by atoms with Crippen molar-refractivity contribution in [1.29, 1.82) is 0 Å². The summed E-state index contributed by atoms with van der Waals surface area (Å²) in [5, 5.41) is 5.07. The number of hydrogen-bond donors (Lipinski definition) is 0. The Bertz CT molecular complexity index is 982. The number of allylic oxidation sites excluding steroid dienone is 2. The summed E-state index contributed by atoms with van der Waals surface area (Å²) >= 11 is 6.45. The molecule has 0 fully saturated rings. The number of esters is 1. The van der Waals surface area contributed by atoms with Crippen molar-refractivity contribution in [1.82, 2.24) is 9.78 Å². The van der Waals surface area contributed by atoms with Crippen molar-refractivity contribution >= 4 is 28.9 Å². The first-order chi connectivity index (χ1) is 13.6. The summed E-state index contributed by atoms with van der Waals surface area (Å²) in [4.78, 5) is 25.2. The number of aryl methyl sites for hydroxylation is 2. The second kappa shape index (κ2) is 9.40. The van der Waals surface area contributed by atoms with Crippen molar-refractivity contribution in [2.75, 3.05) is 0 Å². The van der Waals surface area contributed by atoms with Crippen molar-refractivity contribution in [2.24, 2.45) is 0 Å². The molecule has 156 valence electrons. The summed E-state index contributed by atoms with van der Waals surface area (Å²) in [6, 6.07) is 3.47. The lowest BCUT2D eigenvalue weighted by Crippen LogP contribution is -2.13. The highest BCUT2D eigenvalue weighted by molar-refractivity contribution is 6.32. The Morgan fingerprint density at radius 2 is 1.76 bits per heavy atom. The van der Waals surface area contributed by atoms with Crippen LogP contribution >= 0.6 is 11.6 Å². The Morgan fingerprint density at radius 1 is 1.10 bits per heavy atom. The van der Waals surface area contributed by atoms with E-state index in [-0.39, 0.29) is 11.7 Å². The normalized spacial score (nSPS) is 10.8. The molecule has 0 unspecified atom stereocenters. The standard InChI is InChI=1S/C23H29ClN2O3/c1-8-9-12-26-23(29-17(7)27)21(16(6)25-26)22(28)18-10-11-19(24)20(15(18)5)14(4)13(2)3/h10-11H,8-9,12H2,1-7H3. The third kappa shape index (κ3) is 4.78. The van der Waals surface area contributed by atoms with Crippen LogP contribution in [0.25, 0.3) is 5.57 Å². The van der Waals surface area contributed by atoms with Gasteiger partial charge in [-0.2, -0.15) is 5.10 Å². The molecule has 0 saturated heterocycles. The number of halogens is 1. The minimum atomic E-state index is -0.481. The van der Waals surface area contributed by atoms with E-state index >= 15 is 0 Å². The Kier molecular flexibility index (Phi) is 7.42. The highest BCUT2D eigenvalue weighted by atomic mass is 35.5. The van der Waals surface area contributed by atoms with Crippen molar-refractivity contribution in [3.63, 3.8) is 0 Å². The zero-order valence-corrected chi connectivity index (χ0v) is 19.0. The first-order valence-corrected chi connectivity index (χ1v) is 10.2. The minimum absolute atomic E-state index is 0.211. The Labute approximate surface area is 177 Å². The second-order valence-corrected chi connectivity index (χ2v) is 7.89. The predicted molar refractivity (Wildman–Crippen MR) is 117 cm³/mol. The summed E-state index contributed by atoms with van der Waals surface area (Å²) in [5.74, 6) is -0.493. The number of rotatable bonds is 7. The van der Waals surface area contributed by atoms with Crippen LogP contribution in [0.2, 0.25) is 5.02 Å². The Balaban J connectivity index is 2.67. The smallest absolute Gasteiger partial charge is 0.309 e. The molecule has 0 aliphatic carbocycles. The van der Waals surface area contributed by atoms with E-state index in [9.17, 15) is 9.59 Å². The van der Waals surface area contributed by atoms with E-state index in [1.165, 1.54) is 6.92 Å². The van der Waals surface area contributed by atoms with Crippen LogP contribution in [0.1, 0.15) is 80.2 Å². The van der Waals surface area contributed by atoms with Gasteiger partial charge in [0.1, 0.15) is 5.56 Å². The number of hydrogen-bond acceptors (Lipinski definition) is 4. The summed E-state index contributed by atoms with van der Waals surface area (Å²) in [6.07, 6.45) is 1.83. The van der Waals surface area contributed by atoms with Crippen LogP contribution in [0, 0.1) is 13.8 Å². The van der Waals surface area contributed by atoms with Crippen LogP contribution in [0.5, 0.6) is 5.88 Å². The molecule has 1 aromatic heterocycles. The van der Waals surface area contributed by atoms with Gasteiger partial charge >= 0.3 is 5.97 Å². The third-order valence-electron chi connectivity index (χ3n) is 5.06. The van der Waals surface area contributed by atoms with Crippen molar-refractivity contribution in [2.45, 2.75) is 67.9 Å². The van der Waals surface area contributed by atoms with Gasteiger partial charge in [-0.3, -0.25) is 9.59 Å². The van der Waals surface area contributed by atoms with Gasteiger partial charge in [0, 0.05) is 24.1 Å². The molecule has 2 rings (SSSR count). The van der Waals surface area contributed by atoms with E-state index in [4.69, 9.17) is 16.3 Å². The minimum Gasteiger partial charge on any atom is -0.407 e. The number of ketones is 1. The topological polar surface area (TPSA) is 61.2 Å². The number of benzene rings is 1. The number of carbonyl (C=O) groups excluding carboxylic acids is 2. The summed E-state index contributed by atoms with van der Waals surface area (Å²) in [7, 11) is 0. The van der Waals surface area contributed by atoms with Crippen LogP contribution < -0.4 is 4.74 Å². The Morgan fingerprint density at radius 3 is 2.31 bits per heavy atom. The third-order valence-corrected chi connectivity index (χ3v) is 5.37. The molecule has 0 aliphatic rings. The van der Waals surface area contributed by atoms with Gasteiger partial charge in [-0.25, -0.2) is 4.68 Å². The van der Waals surface area contributed by atoms with Gasteiger partial charge in [0.25, 0.3) is 0 Å². The molecule has 1 aromatic carbocycles. The van der Waals surface area contributed by atoms with Crippen LogP contribution in [-0.4, -0.2) is 21.5 Å². The molecule has 0 N–H and O–H groups in total. The number of unbranched alkanes of at least 4 members (excludes halogenated alkanes) is 1. The fraction of sp³-hybridized carbons (Fsp3) is 0.435. The fourth-order valence-electron chi connectivity index (χ4n) is 3.29. The summed E-state index contributed by atoms with van der Waals surface area (Å²) < 4.78 is 7.03. The molecule has 0 spiro atoms. The first kappa shape index (κ1) is 22.9. The van der Waals surface area contributed by atoms with Gasteiger partial charge in [0.05, 0.1) is 5.69 Å². The molecule has 1 heterocycles. The molecular weight excluding hydrogens is 388 g/mol. The maximum absolute atomic E-state index is 13.5. The summed E-state index contributed by atoms with van der Waals surface area (Å²) in [6.45, 7) is 13.6. The SMILES string of the molecule is CCCCn1nc(C)c(C(=O)c2ccc(Cl)c(C(C)=C(C)C)c2C)c1OC(C)=O. The van der Waals surface area contributed by atoms with Crippen molar-refractivity contribution < 1.29 is 14.3 Å². The largest absolute Gasteiger partial charge is 0.407 e. The van der Waals surface area contributed by atoms with Crippen molar-refractivity contribution in [3.8, 4) is 5.88 Å². The van der Waals surface area contributed by atoms with Crippen molar-refractivity contribution in [3.05, 3.63) is 50.7 Å². The van der Waals surface area contributed by atoms with E-state index < -0.39 is 5.97 Å². The van der Waals surface area contributed by atoms with Gasteiger partial charge in [0.2, 0.25) is 11.7 Å². The maximum Gasteiger partial charge on any atom is 0.309 e.